The van der Waals surface area contributed by atoms with Gasteiger partial charge in [-0.05, 0) is 29.1 Å². The van der Waals surface area contributed by atoms with Crippen LogP contribution in [-0.2, 0) is 6.54 Å². The molecule has 0 unspecified atom stereocenters. The number of amides is 1. The summed E-state index contributed by atoms with van der Waals surface area (Å²) in [6, 6.07) is 21.9. The zero-order chi connectivity index (χ0) is 15.6. The molecule has 23 heavy (non-hydrogen) atoms. The number of carbonyl (C=O) groups excluding carboxylic acids is 1. The Bertz CT molecular complexity index is 814. The Labute approximate surface area is 139 Å². The Kier molecular flexibility index (Phi) is 3.60. The molecule has 0 fully saturated rings. The minimum Gasteiger partial charge on any atom is -0.360 e. The van der Waals surface area contributed by atoms with Gasteiger partial charge >= 0.3 is 0 Å². The smallest absolute Gasteiger partial charge is 0.258 e. The summed E-state index contributed by atoms with van der Waals surface area (Å²) in [6.07, 6.45) is -0.127. The lowest BCUT2D eigenvalue weighted by Gasteiger charge is -2.37. The van der Waals surface area contributed by atoms with E-state index < -0.39 is 0 Å². The second-order valence-corrected chi connectivity index (χ2v) is 6.51. The SMILES string of the molecule is O=C1c2ccccc2N[C@@H](c2cccs2)N1Cc1ccccc1. The minimum absolute atomic E-state index is 0.0709. The highest BCUT2D eigenvalue weighted by Crippen LogP contribution is 2.35. The molecule has 1 amide bonds. The van der Waals surface area contributed by atoms with Crippen molar-refractivity contribution in [2.75, 3.05) is 5.32 Å². The van der Waals surface area contributed by atoms with Gasteiger partial charge in [0.15, 0.2) is 0 Å². The van der Waals surface area contributed by atoms with Crippen molar-refractivity contribution in [1.82, 2.24) is 4.90 Å². The van der Waals surface area contributed by atoms with Crippen molar-refractivity contribution in [3.8, 4) is 0 Å². The van der Waals surface area contributed by atoms with E-state index in [1.165, 1.54) is 0 Å². The summed E-state index contributed by atoms with van der Waals surface area (Å²) < 4.78 is 0. The van der Waals surface area contributed by atoms with E-state index in [1.807, 2.05) is 58.8 Å². The highest BCUT2D eigenvalue weighted by atomic mass is 32.1. The van der Waals surface area contributed by atoms with Gasteiger partial charge in [0.2, 0.25) is 0 Å². The number of anilines is 1. The Morgan fingerprint density at radius 2 is 1.74 bits per heavy atom. The standard InChI is InChI=1S/C19H16N2OS/c22-19-15-9-4-5-10-16(15)20-18(17-11-6-12-23-17)21(19)13-14-7-2-1-3-8-14/h1-12,18,20H,13H2/t18-/m1/s1. The second kappa shape index (κ2) is 5.89. The van der Waals surface area contributed by atoms with E-state index in [-0.39, 0.29) is 12.1 Å². The number of rotatable bonds is 3. The third kappa shape index (κ3) is 2.62. The van der Waals surface area contributed by atoms with Gasteiger partial charge in [0.1, 0.15) is 6.17 Å². The average Bonchev–Trinajstić information content (AvgIpc) is 3.13. The Balaban J connectivity index is 1.75. The maximum Gasteiger partial charge on any atom is 0.258 e. The van der Waals surface area contributed by atoms with Gasteiger partial charge in [-0.25, -0.2) is 0 Å². The normalized spacial score (nSPS) is 16.8. The van der Waals surface area contributed by atoms with Crippen molar-refractivity contribution in [2.45, 2.75) is 12.7 Å². The molecule has 1 N–H and O–H groups in total. The van der Waals surface area contributed by atoms with E-state index in [2.05, 4.69) is 23.5 Å². The van der Waals surface area contributed by atoms with E-state index in [0.717, 1.165) is 21.7 Å². The van der Waals surface area contributed by atoms with Crippen molar-refractivity contribution in [2.24, 2.45) is 0 Å². The molecule has 1 atom stereocenters. The molecule has 1 aliphatic rings. The second-order valence-electron chi connectivity index (χ2n) is 5.53. The molecular weight excluding hydrogens is 304 g/mol. The number of nitrogens with one attached hydrogen (secondary N) is 1. The number of hydrogen-bond donors (Lipinski definition) is 1. The number of fused-ring (bicyclic) bond motifs is 1. The quantitative estimate of drug-likeness (QED) is 0.770. The molecule has 2 aromatic carbocycles. The van der Waals surface area contributed by atoms with E-state index >= 15 is 0 Å². The number of carbonyl (C=O) groups is 1. The molecule has 0 saturated carbocycles. The van der Waals surface area contributed by atoms with Crippen LogP contribution in [0.25, 0.3) is 0 Å². The maximum atomic E-state index is 13.0. The first kappa shape index (κ1) is 14.0. The molecule has 0 aliphatic carbocycles. The molecule has 1 aliphatic heterocycles. The fourth-order valence-electron chi connectivity index (χ4n) is 2.91. The number of thiophene rings is 1. The van der Waals surface area contributed by atoms with E-state index in [1.54, 1.807) is 11.3 Å². The predicted octanol–water partition coefficient (Wildman–Crippen LogP) is 4.51. The first-order valence-electron chi connectivity index (χ1n) is 7.57. The first-order valence-corrected chi connectivity index (χ1v) is 8.45. The minimum atomic E-state index is -0.127. The van der Waals surface area contributed by atoms with Gasteiger partial charge in [0.05, 0.1) is 5.56 Å². The highest BCUT2D eigenvalue weighted by Gasteiger charge is 2.33. The molecule has 3 aromatic rings. The van der Waals surface area contributed by atoms with Gasteiger partial charge in [0, 0.05) is 17.1 Å². The molecule has 4 heteroatoms. The molecule has 0 saturated heterocycles. The lowest BCUT2D eigenvalue weighted by atomic mass is 10.1. The molecule has 114 valence electrons. The van der Waals surface area contributed by atoms with Gasteiger partial charge in [0.25, 0.3) is 5.91 Å². The lowest BCUT2D eigenvalue weighted by molar-refractivity contribution is 0.0669. The predicted molar refractivity (Wildman–Crippen MR) is 93.4 cm³/mol. The van der Waals surface area contributed by atoms with Crippen LogP contribution in [0.3, 0.4) is 0 Å². The number of nitrogens with zero attached hydrogens (tertiary/aromatic N) is 1. The fourth-order valence-corrected chi connectivity index (χ4v) is 3.69. The zero-order valence-corrected chi connectivity index (χ0v) is 13.3. The zero-order valence-electron chi connectivity index (χ0n) is 12.5. The van der Waals surface area contributed by atoms with Crippen LogP contribution >= 0.6 is 11.3 Å². The van der Waals surface area contributed by atoms with E-state index in [0.29, 0.717) is 6.54 Å². The van der Waals surface area contributed by atoms with Crippen molar-refractivity contribution in [1.29, 1.82) is 0 Å². The van der Waals surface area contributed by atoms with Gasteiger partial charge < -0.3 is 10.2 Å². The topological polar surface area (TPSA) is 32.3 Å². The monoisotopic (exact) mass is 320 g/mol. The Morgan fingerprint density at radius 3 is 2.52 bits per heavy atom. The Hall–Kier alpha value is -2.59. The summed E-state index contributed by atoms with van der Waals surface area (Å²) in [6.45, 7) is 0.587. The van der Waals surface area contributed by atoms with Crippen molar-refractivity contribution < 1.29 is 4.79 Å². The largest absolute Gasteiger partial charge is 0.360 e. The van der Waals surface area contributed by atoms with Gasteiger partial charge in [-0.15, -0.1) is 11.3 Å². The summed E-state index contributed by atoms with van der Waals surface area (Å²) in [4.78, 5) is 16.1. The summed E-state index contributed by atoms with van der Waals surface area (Å²) in [7, 11) is 0. The van der Waals surface area contributed by atoms with Crippen molar-refractivity contribution in [3.63, 3.8) is 0 Å². The fraction of sp³-hybridized carbons (Fsp3) is 0.105. The summed E-state index contributed by atoms with van der Waals surface area (Å²) in [5.74, 6) is 0.0709. The van der Waals surface area contributed by atoms with Crippen LogP contribution in [-0.4, -0.2) is 10.8 Å². The van der Waals surface area contributed by atoms with Crippen LogP contribution in [0, 0.1) is 0 Å². The van der Waals surface area contributed by atoms with Crippen LogP contribution < -0.4 is 5.32 Å². The summed E-state index contributed by atoms with van der Waals surface area (Å²) in [5, 5.41) is 5.56. The van der Waals surface area contributed by atoms with Gasteiger partial charge in [-0.3, -0.25) is 4.79 Å². The number of para-hydroxylation sites is 1. The molecule has 0 radical (unpaired) electrons. The van der Waals surface area contributed by atoms with Crippen LogP contribution in [0.5, 0.6) is 0 Å². The van der Waals surface area contributed by atoms with Gasteiger partial charge in [-0.2, -0.15) is 0 Å². The first-order chi connectivity index (χ1) is 11.3. The lowest BCUT2D eigenvalue weighted by Crippen LogP contribution is -2.42. The molecule has 2 heterocycles. The van der Waals surface area contributed by atoms with E-state index in [9.17, 15) is 4.79 Å². The molecular formula is C19H16N2OS. The molecule has 1 aromatic heterocycles. The van der Waals surface area contributed by atoms with Crippen LogP contribution in [0.15, 0.2) is 72.1 Å². The number of hydrogen-bond acceptors (Lipinski definition) is 3. The molecule has 3 nitrogen and oxygen atoms in total. The summed E-state index contributed by atoms with van der Waals surface area (Å²) >= 11 is 1.66. The van der Waals surface area contributed by atoms with Crippen LogP contribution in [0.4, 0.5) is 5.69 Å². The third-order valence-electron chi connectivity index (χ3n) is 4.03. The van der Waals surface area contributed by atoms with Crippen LogP contribution in [0.2, 0.25) is 0 Å². The third-order valence-corrected chi connectivity index (χ3v) is 4.96. The number of benzene rings is 2. The summed E-state index contributed by atoms with van der Waals surface area (Å²) in [5.41, 5.74) is 2.76. The van der Waals surface area contributed by atoms with Crippen molar-refractivity contribution in [3.05, 3.63) is 88.1 Å². The molecule has 0 spiro atoms. The van der Waals surface area contributed by atoms with Crippen LogP contribution in [0.1, 0.15) is 27.0 Å². The maximum absolute atomic E-state index is 13.0. The molecule has 4 rings (SSSR count). The Morgan fingerprint density at radius 1 is 0.957 bits per heavy atom. The van der Waals surface area contributed by atoms with Gasteiger partial charge in [-0.1, -0.05) is 48.5 Å². The average molecular weight is 320 g/mol. The molecule has 0 bridgehead atoms. The van der Waals surface area contributed by atoms with E-state index in [4.69, 9.17) is 0 Å². The van der Waals surface area contributed by atoms with Crippen molar-refractivity contribution >= 4 is 22.9 Å². The highest BCUT2D eigenvalue weighted by molar-refractivity contribution is 7.10.